The number of anilines is 1. The van der Waals surface area contributed by atoms with Crippen molar-refractivity contribution < 1.29 is 14.7 Å². The van der Waals surface area contributed by atoms with Crippen molar-refractivity contribution in [2.45, 2.75) is 39.2 Å². The van der Waals surface area contributed by atoms with Gasteiger partial charge in [0.05, 0.1) is 11.6 Å². The molecule has 0 aromatic heterocycles. The molecule has 0 bridgehead atoms. The van der Waals surface area contributed by atoms with Crippen molar-refractivity contribution in [2.24, 2.45) is 0 Å². The third kappa shape index (κ3) is 3.17. The Labute approximate surface area is 118 Å². The van der Waals surface area contributed by atoms with Gasteiger partial charge in [-0.25, -0.2) is 4.79 Å². The average Bonchev–Trinajstić information content (AvgIpc) is 2.43. The second-order valence-corrected chi connectivity index (χ2v) is 5.26. The SMILES string of the molecule is Cc1cc(NC(=O)[C@H]2CCCCN2)cc(C(=O)O)c1C. The molecule has 0 spiro atoms. The Balaban J connectivity index is 2.16. The normalized spacial score (nSPS) is 18.6. The van der Waals surface area contributed by atoms with Crippen molar-refractivity contribution in [2.75, 3.05) is 11.9 Å². The first-order valence-corrected chi connectivity index (χ1v) is 6.88. The van der Waals surface area contributed by atoms with Crippen molar-refractivity contribution >= 4 is 17.6 Å². The van der Waals surface area contributed by atoms with E-state index in [4.69, 9.17) is 0 Å². The predicted molar refractivity (Wildman–Crippen MR) is 77.1 cm³/mol. The maximum Gasteiger partial charge on any atom is 0.336 e. The third-order valence-corrected chi connectivity index (χ3v) is 3.79. The highest BCUT2D eigenvalue weighted by Gasteiger charge is 2.21. The Morgan fingerprint density at radius 3 is 2.65 bits per heavy atom. The summed E-state index contributed by atoms with van der Waals surface area (Å²) in [7, 11) is 0. The van der Waals surface area contributed by atoms with Gasteiger partial charge in [0.2, 0.25) is 5.91 Å². The minimum absolute atomic E-state index is 0.0932. The topological polar surface area (TPSA) is 78.4 Å². The van der Waals surface area contributed by atoms with Gasteiger partial charge in [0.1, 0.15) is 0 Å². The van der Waals surface area contributed by atoms with Crippen LogP contribution >= 0.6 is 0 Å². The number of piperidine rings is 1. The minimum atomic E-state index is -0.975. The number of aromatic carboxylic acids is 1. The molecule has 2 rings (SSSR count). The molecule has 0 saturated carbocycles. The van der Waals surface area contributed by atoms with E-state index in [0.717, 1.165) is 36.9 Å². The van der Waals surface area contributed by atoms with E-state index in [1.54, 1.807) is 6.92 Å². The lowest BCUT2D eigenvalue weighted by Gasteiger charge is -2.22. The molecule has 1 fully saturated rings. The van der Waals surface area contributed by atoms with E-state index in [9.17, 15) is 14.7 Å². The van der Waals surface area contributed by atoms with Gasteiger partial charge in [0.15, 0.2) is 0 Å². The molecule has 3 N–H and O–H groups in total. The number of carbonyl (C=O) groups is 2. The van der Waals surface area contributed by atoms with Gasteiger partial charge < -0.3 is 15.7 Å². The summed E-state index contributed by atoms with van der Waals surface area (Å²) >= 11 is 0. The van der Waals surface area contributed by atoms with Gasteiger partial charge in [-0.1, -0.05) is 6.42 Å². The molecular weight excluding hydrogens is 256 g/mol. The zero-order chi connectivity index (χ0) is 14.7. The summed E-state index contributed by atoms with van der Waals surface area (Å²) in [6.07, 6.45) is 2.96. The lowest BCUT2D eigenvalue weighted by atomic mass is 10.0. The van der Waals surface area contributed by atoms with E-state index in [1.807, 2.05) is 13.0 Å². The van der Waals surface area contributed by atoms with Gasteiger partial charge in [-0.3, -0.25) is 4.79 Å². The van der Waals surface area contributed by atoms with Crippen LogP contribution in [0.15, 0.2) is 12.1 Å². The molecule has 1 saturated heterocycles. The molecule has 0 radical (unpaired) electrons. The first-order valence-electron chi connectivity index (χ1n) is 6.88. The molecule has 5 heteroatoms. The van der Waals surface area contributed by atoms with E-state index in [2.05, 4.69) is 10.6 Å². The fourth-order valence-corrected chi connectivity index (χ4v) is 2.46. The maximum absolute atomic E-state index is 12.1. The van der Waals surface area contributed by atoms with E-state index in [1.165, 1.54) is 6.07 Å². The molecular formula is C15H20N2O3. The van der Waals surface area contributed by atoms with Crippen LogP contribution in [0.2, 0.25) is 0 Å². The number of carboxylic acids is 1. The highest BCUT2D eigenvalue weighted by Crippen LogP contribution is 2.20. The first-order chi connectivity index (χ1) is 9.49. The molecule has 0 unspecified atom stereocenters. The molecule has 1 amide bonds. The third-order valence-electron chi connectivity index (χ3n) is 3.79. The number of hydrogen-bond acceptors (Lipinski definition) is 3. The molecule has 1 aromatic rings. The quantitative estimate of drug-likeness (QED) is 0.790. The summed E-state index contributed by atoms with van der Waals surface area (Å²) < 4.78 is 0. The number of aryl methyl sites for hydroxylation is 1. The molecule has 20 heavy (non-hydrogen) atoms. The highest BCUT2D eigenvalue weighted by atomic mass is 16.4. The standard InChI is InChI=1S/C15H20N2O3/c1-9-7-11(8-12(10(9)2)15(19)20)17-14(18)13-5-3-4-6-16-13/h7-8,13,16H,3-6H2,1-2H3,(H,17,18)(H,19,20)/t13-/m1/s1. The number of amides is 1. The summed E-state index contributed by atoms with van der Waals surface area (Å²) in [4.78, 5) is 23.3. The van der Waals surface area contributed by atoms with Crippen LogP contribution in [0.5, 0.6) is 0 Å². The van der Waals surface area contributed by atoms with Crippen LogP contribution in [0.4, 0.5) is 5.69 Å². The number of nitrogens with one attached hydrogen (secondary N) is 2. The molecule has 1 atom stereocenters. The highest BCUT2D eigenvalue weighted by molar-refractivity contribution is 5.97. The van der Waals surface area contributed by atoms with Gasteiger partial charge in [-0.05, 0) is 56.5 Å². The lowest BCUT2D eigenvalue weighted by molar-refractivity contribution is -0.118. The smallest absolute Gasteiger partial charge is 0.336 e. The summed E-state index contributed by atoms with van der Waals surface area (Å²) in [5.74, 6) is -1.07. The van der Waals surface area contributed by atoms with Crippen LogP contribution in [0, 0.1) is 13.8 Å². The Morgan fingerprint density at radius 2 is 2.05 bits per heavy atom. The Morgan fingerprint density at radius 1 is 1.30 bits per heavy atom. The Bertz CT molecular complexity index is 534. The first kappa shape index (κ1) is 14.5. The molecule has 1 aliphatic heterocycles. The fraction of sp³-hybridized carbons (Fsp3) is 0.467. The number of carbonyl (C=O) groups excluding carboxylic acids is 1. The van der Waals surface area contributed by atoms with Gasteiger partial charge in [0.25, 0.3) is 0 Å². The zero-order valence-electron chi connectivity index (χ0n) is 11.8. The minimum Gasteiger partial charge on any atom is -0.478 e. The zero-order valence-corrected chi connectivity index (χ0v) is 11.8. The van der Waals surface area contributed by atoms with E-state index < -0.39 is 5.97 Å². The van der Waals surface area contributed by atoms with Crippen LogP contribution in [-0.4, -0.2) is 29.6 Å². The van der Waals surface area contributed by atoms with Gasteiger partial charge in [0, 0.05) is 5.69 Å². The summed E-state index contributed by atoms with van der Waals surface area (Å²) in [6.45, 7) is 4.47. The monoisotopic (exact) mass is 276 g/mol. The molecule has 5 nitrogen and oxygen atoms in total. The van der Waals surface area contributed by atoms with Gasteiger partial charge in [-0.15, -0.1) is 0 Å². The number of benzene rings is 1. The van der Waals surface area contributed by atoms with Crippen LogP contribution in [-0.2, 0) is 4.79 Å². The largest absolute Gasteiger partial charge is 0.478 e. The number of carboxylic acid groups (broad SMARTS) is 1. The lowest BCUT2D eigenvalue weighted by Crippen LogP contribution is -2.43. The van der Waals surface area contributed by atoms with Crippen molar-refractivity contribution in [1.82, 2.24) is 5.32 Å². The van der Waals surface area contributed by atoms with Gasteiger partial charge in [-0.2, -0.15) is 0 Å². The summed E-state index contributed by atoms with van der Waals surface area (Å²) in [5, 5.41) is 15.2. The molecule has 0 aliphatic carbocycles. The summed E-state index contributed by atoms with van der Waals surface area (Å²) in [6, 6.07) is 3.15. The average molecular weight is 276 g/mol. The van der Waals surface area contributed by atoms with E-state index >= 15 is 0 Å². The molecule has 108 valence electrons. The molecule has 1 aliphatic rings. The fourth-order valence-electron chi connectivity index (χ4n) is 2.46. The van der Waals surface area contributed by atoms with E-state index in [0.29, 0.717) is 5.69 Å². The number of hydrogen-bond donors (Lipinski definition) is 3. The van der Waals surface area contributed by atoms with Crippen LogP contribution in [0.3, 0.4) is 0 Å². The van der Waals surface area contributed by atoms with Crippen LogP contribution in [0.25, 0.3) is 0 Å². The van der Waals surface area contributed by atoms with Crippen molar-refractivity contribution in [3.8, 4) is 0 Å². The van der Waals surface area contributed by atoms with E-state index in [-0.39, 0.29) is 17.5 Å². The number of rotatable bonds is 3. The molecule has 1 aromatic carbocycles. The van der Waals surface area contributed by atoms with Crippen molar-refractivity contribution in [3.05, 3.63) is 28.8 Å². The van der Waals surface area contributed by atoms with Crippen LogP contribution < -0.4 is 10.6 Å². The van der Waals surface area contributed by atoms with Crippen molar-refractivity contribution in [3.63, 3.8) is 0 Å². The molecule has 1 heterocycles. The Hall–Kier alpha value is -1.88. The predicted octanol–water partition coefficient (Wildman–Crippen LogP) is 2.08. The maximum atomic E-state index is 12.1. The summed E-state index contributed by atoms with van der Waals surface area (Å²) in [5.41, 5.74) is 2.36. The van der Waals surface area contributed by atoms with Crippen LogP contribution in [0.1, 0.15) is 40.7 Å². The van der Waals surface area contributed by atoms with Gasteiger partial charge >= 0.3 is 5.97 Å². The second kappa shape index (κ2) is 6.05. The second-order valence-electron chi connectivity index (χ2n) is 5.26. The van der Waals surface area contributed by atoms with Crippen molar-refractivity contribution in [1.29, 1.82) is 0 Å². The Kier molecular flexibility index (Phi) is 4.39.